The molecule has 0 bridgehead atoms. The van der Waals surface area contributed by atoms with Crippen molar-refractivity contribution in [2.75, 3.05) is 0 Å². The molecule has 7 N–H and O–H groups in total. The van der Waals surface area contributed by atoms with E-state index in [1.165, 1.54) is 30.3 Å². The van der Waals surface area contributed by atoms with Crippen molar-refractivity contribution in [3.05, 3.63) is 160 Å². The summed E-state index contributed by atoms with van der Waals surface area (Å²) in [4.78, 5) is 0. The topological polar surface area (TPSA) is 160 Å². The third kappa shape index (κ3) is 5.84. The number of hydrogen-bond acceptors (Lipinski definition) is 9. The van der Waals surface area contributed by atoms with Crippen LogP contribution in [0.1, 0.15) is 68.6 Å². The molecule has 0 saturated carbocycles. The molecule has 9 heteroatoms. The third-order valence-corrected chi connectivity index (χ3v) is 9.47. The standard InChI is InChI=1S/C42H32O9/c43-28-9-3-22(4-10-28)1-2-23-15-33(48)39-35(16-23)50-42(25-7-13-30(45)14-8-25)38(39)27-19-34(49)40-36(20-27)51-41(24-5-11-29(44)12-6-24)37(40)26-17-31(46)21-32(47)18-26/h1-21,37-38,41-49H. The van der Waals surface area contributed by atoms with Crippen LogP contribution in [0, 0.1) is 0 Å². The maximum atomic E-state index is 11.8. The van der Waals surface area contributed by atoms with E-state index in [0.717, 1.165) is 11.1 Å². The smallest absolute Gasteiger partial charge is 0.135 e. The summed E-state index contributed by atoms with van der Waals surface area (Å²) in [5.74, 6) is -0.540. The second-order valence-corrected chi connectivity index (χ2v) is 12.8. The number of rotatable bonds is 6. The fourth-order valence-electron chi connectivity index (χ4n) is 7.18. The van der Waals surface area contributed by atoms with E-state index in [-0.39, 0.29) is 40.2 Å². The Bertz CT molecular complexity index is 2270. The van der Waals surface area contributed by atoms with Crippen molar-refractivity contribution in [2.45, 2.75) is 24.0 Å². The summed E-state index contributed by atoms with van der Waals surface area (Å²) < 4.78 is 13.1. The molecule has 2 heterocycles. The van der Waals surface area contributed by atoms with Gasteiger partial charge in [0.1, 0.15) is 64.0 Å². The number of phenols is 7. The van der Waals surface area contributed by atoms with Crippen molar-refractivity contribution < 1.29 is 45.2 Å². The molecule has 8 rings (SSSR count). The SMILES string of the molecule is Oc1ccc(C=Cc2cc(O)c3c(c2)OC(c2ccc(O)cc2)C3c2cc(O)c3c(c2)OC(c2ccc(O)cc2)C3c2cc(O)cc(O)c2)cc1. The highest BCUT2D eigenvalue weighted by Gasteiger charge is 2.43. The third-order valence-electron chi connectivity index (χ3n) is 9.47. The van der Waals surface area contributed by atoms with E-state index in [2.05, 4.69) is 0 Å². The monoisotopic (exact) mass is 680 g/mol. The molecule has 0 aliphatic carbocycles. The zero-order valence-electron chi connectivity index (χ0n) is 26.9. The Morgan fingerprint density at radius 1 is 0.373 bits per heavy atom. The molecule has 254 valence electrons. The number of aromatic hydroxyl groups is 7. The van der Waals surface area contributed by atoms with Gasteiger partial charge >= 0.3 is 0 Å². The molecule has 4 atom stereocenters. The molecule has 4 unspecified atom stereocenters. The Morgan fingerprint density at radius 2 is 0.804 bits per heavy atom. The van der Waals surface area contributed by atoms with Crippen LogP contribution in [0.5, 0.6) is 51.7 Å². The van der Waals surface area contributed by atoms with Gasteiger partial charge in [0.2, 0.25) is 0 Å². The first-order valence-electron chi connectivity index (χ1n) is 16.3. The van der Waals surface area contributed by atoms with E-state index in [9.17, 15) is 35.7 Å². The first-order valence-corrected chi connectivity index (χ1v) is 16.3. The maximum absolute atomic E-state index is 11.8. The van der Waals surface area contributed by atoms with Gasteiger partial charge in [-0.3, -0.25) is 0 Å². The molecule has 9 nitrogen and oxygen atoms in total. The predicted molar refractivity (Wildman–Crippen MR) is 190 cm³/mol. The van der Waals surface area contributed by atoms with E-state index in [4.69, 9.17) is 9.47 Å². The molecule has 0 radical (unpaired) electrons. The van der Waals surface area contributed by atoms with Crippen molar-refractivity contribution in [3.8, 4) is 51.7 Å². The molecular formula is C42H32O9. The number of hydrogen-bond donors (Lipinski definition) is 7. The molecule has 6 aromatic carbocycles. The second kappa shape index (κ2) is 12.3. The van der Waals surface area contributed by atoms with E-state index in [1.54, 1.807) is 78.9 Å². The molecular weight excluding hydrogens is 648 g/mol. The highest BCUT2D eigenvalue weighted by Crippen LogP contribution is 2.58. The van der Waals surface area contributed by atoms with Gasteiger partial charge in [-0.15, -0.1) is 0 Å². The summed E-state index contributed by atoms with van der Waals surface area (Å²) >= 11 is 0. The summed E-state index contributed by atoms with van der Waals surface area (Å²) in [6.07, 6.45) is 2.33. The minimum Gasteiger partial charge on any atom is -0.508 e. The average molecular weight is 681 g/mol. The minimum atomic E-state index is -0.695. The normalized spacial score (nSPS) is 19.0. The zero-order chi connectivity index (χ0) is 35.4. The van der Waals surface area contributed by atoms with Crippen LogP contribution in [-0.2, 0) is 0 Å². The van der Waals surface area contributed by atoms with Crippen LogP contribution in [0.25, 0.3) is 12.2 Å². The summed E-state index contributed by atoms with van der Waals surface area (Å²) in [6.45, 7) is 0. The lowest BCUT2D eigenvalue weighted by molar-refractivity contribution is 0.218. The van der Waals surface area contributed by atoms with Gasteiger partial charge in [0, 0.05) is 17.2 Å². The van der Waals surface area contributed by atoms with Gasteiger partial charge in [-0.1, -0.05) is 48.6 Å². The number of benzene rings is 6. The van der Waals surface area contributed by atoms with Gasteiger partial charge in [0.25, 0.3) is 0 Å². The van der Waals surface area contributed by atoms with Crippen molar-refractivity contribution in [2.24, 2.45) is 0 Å². The van der Waals surface area contributed by atoms with Crippen LogP contribution < -0.4 is 9.47 Å². The molecule has 2 aliphatic heterocycles. The van der Waals surface area contributed by atoms with Crippen LogP contribution >= 0.6 is 0 Å². The number of ether oxygens (including phenoxy) is 2. The zero-order valence-corrected chi connectivity index (χ0v) is 26.9. The maximum Gasteiger partial charge on any atom is 0.135 e. The molecule has 2 aliphatic rings. The first kappa shape index (κ1) is 31.5. The lowest BCUT2D eigenvalue weighted by atomic mass is 9.81. The van der Waals surface area contributed by atoms with Gasteiger partial charge in [-0.2, -0.15) is 0 Å². The van der Waals surface area contributed by atoms with Crippen molar-refractivity contribution in [1.29, 1.82) is 0 Å². The quantitative estimate of drug-likeness (QED) is 0.0858. The Kier molecular flexibility index (Phi) is 7.60. The van der Waals surface area contributed by atoms with E-state index in [0.29, 0.717) is 44.9 Å². The van der Waals surface area contributed by atoms with Crippen molar-refractivity contribution in [1.82, 2.24) is 0 Å². The Labute approximate surface area is 292 Å². The van der Waals surface area contributed by atoms with Gasteiger partial charge in [0.15, 0.2) is 0 Å². The van der Waals surface area contributed by atoms with Gasteiger partial charge < -0.3 is 45.2 Å². The Balaban J connectivity index is 1.24. The average Bonchev–Trinajstić information content (AvgIpc) is 3.68. The highest BCUT2D eigenvalue weighted by molar-refractivity contribution is 5.73. The number of fused-ring (bicyclic) bond motifs is 2. The summed E-state index contributed by atoms with van der Waals surface area (Å²) in [5, 5.41) is 73.8. The van der Waals surface area contributed by atoms with Crippen LogP contribution in [0.3, 0.4) is 0 Å². The van der Waals surface area contributed by atoms with Crippen LogP contribution in [-0.4, -0.2) is 35.7 Å². The Morgan fingerprint density at radius 3 is 1.33 bits per heavy atom. The summed E-state index contributed by atoms with van der Waals surface area (Å²) in [6, 6.07) is 31.0. The molecule has 0 aromatic heterocycles. The molecule has 0 amide bonds. The summed E-state index contributed by atoms with van der Waals surface area (Å²) in [5.41, 5.74) is 5.01. The number of phenolic OH excluding ortho intramolecular Hbond substituents is 7. The molecule has 6 aromatic rings. The van der Waals surface area contributed by atoms with Gasteiger partial charge in [-0.05, 0) is 106 Å². The van der Waals surface area contributed by atoms with E-state index < -0.39 is 24.0 Å². The van der Waals surface area contributed by atoms with E-state index in [1.807, 2.05) is 18.2 Å². The summed E-state index contributed by atoms with van der Waals surface area (Å²) in [7, 11) is 0. The molecule has 0 fully saturated rings. The fourth-order valence-corrected chi connectivity index (χ4v) is 7.18. The van der Waals surface area contributed by atoms with Crippen molar-refractivity contribution in [3.63, 3.8) is 0 Å². The van der Waals surface area contributed by atoms with Crippen LogP contribution in [0.4, 0.5) is 0 Å². The lowest BCUT2D eigenvalue weighted by Gasteiger charge is -2.22. The second-order valence-electron chi connectivity index (χ2n) is 12.8. The fraction of sp³-hybridized carbons (Fsp3) is 0.0952. The minimum absolute atomic E-state index is 0.0138. The predicted octanol–water partition coefficient (Wildman–Crippen LogP) is 8.33. The van der Waals surface area contributed by atoms with Crippen molar-refractivity contribution >= 4 is 12.2 Å². The van der Waals surface area contributed by atoms with Gasteiger partial charge in [-0.25, -0.2) is 0 Å². The largest absolute Gasteiger partial charge is 0.508 e. The van der Waals surface area contributed by atoms with Crippen LogP contribution in [0.15, 0.2) is 115 Å². The highest BCUT2D eigenvalue weighted by atomic mass is 16.5. The molecule has 0 spiro atoms. The van der Waals surface area contributed by atoms with E-state index >= 15 is 0 Å². The molecule has 51 heavy (non-hydrogen) atoms. The van der Waals surface area contributed by atoms with Gasteiger partial charge in [0.05, 0.1) is 11.8 Å². The molecule has 0 saturated heterocycles. The Hall–Kier alpha value is -6.74. The lowest BCUT2D eigenvalue weighted by Crippen LogP contribution is -2.11. The first-order chi connectivity index (χ1) is 24.6. The van der Waals surface area contributed by atoms with Crippen LogP contribution in [0.2, 0.25) is 0 Å².